The van der Waals surface area contributed by atoms with Crippen LogP contribution < -0.4 is 11.2 Å². The predicted octanol–water partition coefficient (Wildman–Crippen LogP) is 2.38. The number of hydrogen-bond donors (Lipinski definition) is 1. The molecule has 162 valence electrons. The van der Waals surface area contributed by atoms with Gasteiger partial charge in [-0.2, -0.15) is 4.98 Å². The van der Waals surface area contributed by atoms with E-state index in [4.69, 9.17) is 4.74 Å². The lowest BCUT2D eigenvalue weighted by atomic mass is 9.92. The van der Waals surface area contributed by atoms with Crippen LogP contribution in [0.25, 0.3) is 0 Å². The number of carbonyl (C=O) groups is 1. The second-order valence-electron chi connectivity index (χ2n) is 6.72. The lowest BCUT2D eigenvalue weighted by Crippen LogP contribution is -2.24. The Labute approximate surface area is 181 Å². The van der Waals surface area contributed by atoms with E-state index in [1.807, 2.05) is 0 Å². The molecule has 0 aliphatic heterocycles. The number of aromatic amines is 1. The first-order valence-electron chi connectivity index (χ1n) is 9.52. The Morgan fingerprint density at radius 2 is 2.03 bits per heavy atom. The van der Waals surface area contributed by atoms with Gasteiger partial charge in [0.25, 0.3) is 5.56 Å². The molecule has 1 aromatic carbocycles. The zero-order chi connectivity index (χ0) is 22.4. The molecule has 0 spiro atoms. The van der Waals surface area contributed by atoms with E-state index in [0.29, 0.717) is 16.5 Å². The third-order valence-electron chi connectivity index (χ3n) is 4.51. The molecule has 8 nitrogen and oxygen atoms in total. The van der Waals surface area contributed by atoms with Crippen LogP contribution in [-0.2, 0) is 22.3 Å². The van der Waals surface area contributed by atoms with Crippen molar-refractivity contribution in [3.05, 3.63) is 86.2 Å². The van der Waals surface area contributed by atoms with Gasteiger partial charge in [-0.3, -0.25) is 9.59 Å². The summed E-state index contributed by atoms with van der Waals surface area (Å²) in [6.07, 6.45) is 4.28. The number of halogens is 1. The molecule has 0 saturated carbocycles. The first-order chi connectivity index (χ1) is 14.9. The van der Waals surface area contributed by atoms with Crippen molar-refractivity contribution in [3.63, 3.8) is 0 Å². The number of ether oxygens (including phenoxy) is 1. The maximum absolute atomic E-state index is 13.1. The zero-order valence-corrected chi connectivity index (χ0v) is 17.8. The fourth-order valence-electron chi connectivity index (χ4n) is 2.99. The van der Waals surface area contributed by atoms with Gasteiger partial charge in [0, 0.05) is 42.9 Å². The minimum absolute atomic E-state index is 0.0967. The molecule has 10 heteroatoms. The molecule has 2 aromatic heterocycles. The van der Waals surface area contributed by atoms with Gasteiger partial charge in [0.15, 0.2) is 5.16 Å². The number of thioether (sulfide) groups is 1. The van der Waals surface area contributed by atoms with Crippen LogP contribution in [0.4, 0.5) is 4.39 Å². The van der Waals surface area contributed by atoms with Crippen molar-refractivity contribution < 1.29 is 13.9 Å². The van der Waals surface area contributed by atoms with Crippen LogP contribution in [0.5, 0.6) is 0 Å². The van der Waals surface area contributed by atoms with Crippen LogP contribution in [0.3, 0.4) is 0 Å². The number of benzene rings is 1. The van der Waals surface area contributed by atoms with Crippen molar-refractivity contribution in [1.82, 2.24) is 19.5 Å². The average molecular weight is 444 g/mol. The van der Waals surface area contributed by atoms with Crippen LogP contribution >= 0.6 is 11.8 Å². The molecule has 1 N–H and O–H groups in total. The molecule has 0 saturated heterocycles. The van der Waals surface area contributed by atoms with E-state index in [1.54, 1.807) is 36.9 Å². The molecule has 2 heterocycles. The smallest absolute Gasteiger partial charge is 0.344 e. The lowest BCUT2D eigenvalue weighted by Gasteiger charge is -2.17. The molecule has 0 amide bonds. The third-order valence-corrected chi connectivity index (χ3v) is 5.62. The van der Waals surface area contributed by atoms with Gasteiger partial charge in [-0.25, -0.2) is 14.2 Å². The summed E-state index contributed by atoms with van der Waals surface area (Å²) in [4.78, 5) is 46.6. The summed E-state index contributed by atoms with van der Waals surface area (Å²) in [5, 5.41) is 0.479. The van der Waals surface area contributed by atoms with Crippen LogP contribution in [0, 0.1) is 5.82 Å². The van der Waals surface area contributed by atoms with Crippen molar-refractivity contribution in [2.75, 3.05) is 6.61 Å². The van der Waals surface area contributed by atoms with Crippen LogP contribution in [0.15, 0.2) is 57.6 Å². The largest absolute Gasteiger partial charge is 0.466 e. The number of hydrogen-bond acceptors (Lipinski definition) is 7. The van der Waals surface area contributed by atoms with E-state index < -0.39 is 23.1 Å². The number of esters is 1. The number of rotatable bonds is 8. The summed E-state index contributed by atoms with van der Waals surface area (Å²) in [6.45, 7) is 1.91. The molecule has 0 aliphatic rings. The van der Waals surface area contributed by atoms with Gasteiger partial charge < -0.3 is 14.3 Å². The van der Waals surface area contributed by atoms with E-state index in [0.717, 1.165) is 5.56 Å². The molecular weight excluding hydrogens is 423 g/mol. The van der Waals surface area contributed by atoms with Gasteiger partial charge in [-0.1, -0.05) is 23.9 Å². The maximum Gasteiger partial charge on any atom is 0.344 e. The summed E-state index contributed by atoms with van der Waals surface area (Å²) in [7, 11) is 1.75. The quantitative estimate of drug-likeness (QED) is 0.323. The monoisotopic (exact) mass is 444 g/mol. The highest BCUT2D eigenvalue weighted by Crippen LogP contribution is 2.27. The second-order valence-corrected chi connectivity index (χ2v) is 7.67. The number of nitrogens with zero attached hydrogens (tertiary/aromatic N) is 3. The van der Waals surface area contributed by atoms with E-state index in [1.165, 1.54) is 36.3 Å². The molecule has 3 aromatic rings. The van der Waals surface area contributed by atoms with Crippen molar-refractivity contribution in [1.29, 1.82) is 0 Å². The lowest BCUT2D eigenvalue weighted by molar-refractivity contribution is -0.143. The molecule has 0 fully saturated rings. The number of aromatic nitrogens is 4. The number of aryl methyl sites for hydroxylation is 1. The Morgan fingerprint density at radius 3 is 2.68 bits per heavy atom. The topological polar surface area (TPSA) is 107 Å². The average Bonchev–Trinajstić information content (AvgIpc) is 2.74. The molecule has 0 bridgehead atoms. The summed E-state index contributed by atoms with van der Waals surface area (Å²) in [5.41, 5.74) is 0.662. The fourth-order valence-corrected chi connectivity index (χ4v) is 3.88. The number of nitrogens with one attached hydrogen (secondary N) is 1. The number of carbonyl (C=O) groups excluding carboxylic acids is 1. The molecule has 3 rings (SSSR count). The summed E-state index contributed by atoms with van der Waals surface area (Å²) < 4.78 is 19.8. The van der Waals surface area contributed by atoms with Crippen LogP contribution in [0.1, 0.15) is 36.0 Å². The van der Waals surface area contributed by atoms with Gasteiger partial charge in [0.05, 0.1) is 13.0 Å². The summed E-state index contributed by atoms with van der Waals surface area (Å²) >= 11 is 1.34. The Balaban J connectivity index is 1.90. The Bertz CT molecular complexity index is 1160. The highest BCUT2D eigenvalue weighted by molar-refractivity contribution is 7.98. The van der Waals surface area contributed by atoms with E-state index in [2.05, 4.69) is 15.0 Å². The fraction of sp³-hybridized carbons (Fsp3) is 0.286. The Morgan fingerprint density at radius 1 is 1.29 bits per heavy atom. The van der Waals surface area contributed by atoms with Crippen LogP contribution in [0.2, 0.25) is 0 Å². The Hall–Kier alpha value is -3.27. The van der Waals surface area contributed by atoms with Crippen LogP contribution in [-0.4, -0.2) is 32.1 Å². The highest BCUT2D eigenvalue weighted by atomic mass is 32.2. The molecule has 0 radical (unpaired) electrons. The van der Waals surface area contributed by atoms with Crippen molar-refractivity contribution in [2.45, 2.75) is 30.2 Å². The number of H-pyrrole nitrogens is 1. The van der Waals surface area contributed by atoms with E-state index in [-0.39, 0.29) is 24.4 Å². The van der Waals surface area contributed by atoms with Crippen molar-refractivity contribution in [3.8, 4) is 0 Å². The van der Waals surface area contributed by atoms with Crippen molar-refractivity contribution >= 4 is 17.7 Å². The van der Waals surface area contributed by atoms with Gasteiger partial charge in [-0.05, 0) is 30.2 Å². The van der Waals surface area contributed by atoms with E-state index >= 15 is 0 Å². The standard InChI is InChI=1S/C21H21FN4O4S/c1-3-30-18(27)8-16(14-9-23-20(29)24-10-14)17-11-26(2)21(25-19(17)28)31-12-13-4-6-15(22)7-5-13/h4-7,9-11,16H,3,8,12H2,1-2H3,(H,23,24,29). The van der Waals surface area contributed by atoms with Gasteiger partial charge in [-0.15, -0.1) is 0 Å². The van der Waals surface area contributed by atoms with Gasteiger partial charge >= 0.3 is 11.7 Å². The van der Waals surface area contributed by atoms with Crippen molar-refractivity contribution in [2.24, 2.45) is 7.05 Å². The minimum Gasteiger partial charge on any atom is -0.466 e. The highest BCUT2D eigenvalue weighted by Gasteiger charge is 2.24. The van der Waals surface area contributed by atoms with E-state index in [9.17, 15) is 18.8 Å². The first-order valence-corrected chi connectivity index (χ1v) is 10.5. The van der Waals surface area contributed by atoms with Gasteiger partial charge in [0.1, 0.15) is 5.82 Å². The Kier molecular flexibility index (Phi) is 7.35. The molecule has 1 unspecified atom stereocenters. The van der Waals surface area contributed by atoms with Gasteiger partial charge in [0.2, 0.25) is 0 Å². The third kappa shape index (κ3) is 5.88. The summed E-state index contributed by atoms with van der Waals surface area (Å²) in [6, 6.07) is 6.11. The normalized spacial score (nSPS) is 11.8. The predicted molar refractivity (Wildman–Crippen MR) is 113 cm³/mol. The molecule has 31 heavy (non-hydrogen) atoms. The first kappa shape index (κ1) is 22.4. The summed E-state index contributed by atoms with van der Waals surface area (Å²) in [5.74, 6) is -0.954. The minimum atomic E-state index is -0.675. The second kappa shape index (κ2) is 10.2. The molecular formula is C21H21FN4O4S. The maximum atomic E-state index is 13.1. The molecule has 1 atom stereocenters. The molecule has 0 aliphatic carbocycles. The zero-order valence-electron chi connectivity index (χ0n) is 17.0. The SMILES string of the molecule is CCOC(=O)CC(c1cnc(=O)[nH]c1)c1cn(C)c(SCc2ccc(F)cc2)nc1=O.